The number of amides is 1. The van der Waals surface area contributed by atoms with Gasteiger partial charge in [0.15, 0.2) is 5.11 Å². The quantitative estimate of drug-likeness (QED) is 0.768. The molecule has 6 heteroatoms. The fraction of sp³-hybridized carbons (Fsp3) is 0.176. The number of hydrogen-bond acceptors (Lipinski definition) is 3. The summed E-state index contributed by atoms with van der Waals surface area (Å²) in [5.74, 6) is 0.430. The zero-order chi connectivity index (χ0) is 17.0. The van der Waals surface area contributed by atoms with Crippen molar-refractivity contribution < 1.29 is 9.53 Å². The van der Waals surface area contributed by atoms with Crippen LogP contribution in [-0.2, 0) is 0 Å². The van der Waals surface area contributed by atoms with E-state index in [1.165, 1.54) is 0 Å². The van der Waals surface area contributed by atoms with Crippen molar-refractivity contribution in [1.29, 1.82) is 0 Å². The molecule has 2 N–H and O–H groups in total. The Bertz CT molecular complexity index is 745. The zero-order valence-corrected chi connectivity index (χ0v) is 15.5. The van der Waals surface area contributed by atoms with Crippen molar-refractivity contribution in [2.75, 3.05) is 12.4 Å². The third kappa shape index (κ3) is 4.30. The minimum absolute atomic E-state index is 0.260. The lowest BCUT2D eigenvalue weighted by molar-refractivity contribution is 0.0977. The maximum absolute atomic E-state index is 12.2. The van der Waals surface area contributed by atoms with Crippen LogP contribution < -0.4 is 15.4 Å². The number of hydrogen-bond donors (Lipinski definition) is 2. The number of thiocarbonyl (C=S) groups is 1. The van der Waals surface area contributed by atoms with Gasteiger partial charge in [-0.1, -0.05) is 15.9 Å². The van der Waals surface area contributed by atoms with Gasteiger partial charge in [0, 0.05) is 15.7 Å². The minimum atomic E-state index is -0.267. The number of ether oxygens (including phenoxy) is 1. The Morgan fingerprint density at radius 2 is 1.74 bits per heavy atom. The number of anilines is 1. The number of carbonyl (C=O) groups is 1. The van der Waals surface area contributed by atoms with E-state index < -0.39 is 0 Å². The van der Waals surface area contributed by atoms with E-state index in [1.807, 2.05) is 26.0 Å². The highest BCUT2D eigenvalue weighted by atomic mass is 79.9. The number of nitrogens with one attached hydrogen (secondary N) is 2. The van der Waals surface area contributed by atoms with Crippen molar-refractivity contribution in [2.24, 2.45) is 0 Å². The van der Waals surface area contributed by atoms with Crippen molar-refractivity contribution in [3.05, 3.63) is 57.6 Å². The molecule has 0 aliphatic heterocycles. The third-order valence-electron chi connectivity index (χ3n) is 3.55. The third-order valence-corrected chi connectivity index (χ3v) is 4.61. The first-order valence-corrected chi connectivity index (χ1v) is 8.14. The van der Waals surface area contributed by atoms with Gasteiger partial charge in [-0.15, -0.1) is 0 Å². The number of rotatable bonds is 3. The van der Waals surface area contributed by atoms with Crippen molar-refractivity contribution in [1.82, 2.24) is 5.32 Å². The lowest BCUT2D eigenvalue weighted by atomic mass is 10.1. The van der Waals surface area contributed by atoms with Crippen molar-refractivity contribution >= 4 is 44.9 Å². The summed E-state index contributed by atoms with van der Waals surface area (Å²) in [5, 5.41) is 5.99. The number of carbonyl (C=O) groups excluding carboxylic acids is 1. The molecule has 0 fully saturated rings. The van der Waals surface area contributed by atoms with Gasteiger partial charge in [-0.05, 0) is 73.6 Å². The van der Waals surface area contributed by atoms with E-state index in [-0.39, 0.29) is 11.0 Å². The molecule has 0 spiro atoms. The minimum Gasteiger partial charge on any atom is -0.497 e. The van der Waals surface area contributed by atoms with Crippen LogP contribution in [0.5, 0.6) is 5.75 Å². The highest BCUT2D eigenvalue weighted by molar-refractivity contribution is 9.10. The Labute approximate surface area is 149 Å². The van der Waals surface area contributed by atoms with Crippen LogP contribution >= 0.6 is 28.1 Å². The Morgan fingerprint density at radius 3 is 2.35 bits per heavy atom. The van der Waals surface area contributed by atoms with Crippen molar-refractivity contribution in [2.45, 2.75) is 13.8 Å². The van der Waals surface area contributed by atoms with Crippen LogP contribution in [0.1, 0.15) is 21.5 Å². The first-order valence-electron chi connectivity index (χ1n) is 6.94. The summed E-state index contributed by atoms with van der Waals surface area (Å²) in [6.45, 7) is 4.01. The molecule has 0 unspecified atom stereocenters. The molecule has 0 radical (unpaired) electrons. The van der Waals surface area contributed by atoms with Gasteiger partial charge in [0.05, 0.1) is 7.11 Å². The molecule has 0 saturated heterocycles. The lowest BCUT2D eigenvalue weighted by Crippen LogP contribution is -2.34. The maximum atomic E-state index is 12.2. The van der Waals surface area contributed by atoms with Gasteiger partial charge in [0.1, 0.15) is 5.75 Å². The van der Waals surface area contributed by atoms with E-state index in [0.717, 1.165) is 21.3 Å². The summed E-state index contributed by atoms with van der Waals surface area (Å²) in [6, 6.07) is 10.7. The van der Waals surface area contributed by atoms with Gasteiger partial charge >= 0.3 is 0 Å². The standard InChI is InChI=1S/C17H17BrN2O2S/c1-10-11(2)15(9-8-14(10)18)19-17(23)20-16(21)12-4-6-13(22-3)7-5-12/h4-9H,1-3H3,(H2,19,20,21,23). The first-order chi connectivity index (χ1) is 10.9. The molecule has 0 aliphatic carbocycles. The van der Waals surface area contributed by atoms with Gasteiger partial charge in [0.25, 0.3) is 5.91 Å². The Kier molecular flexibility index (Phi) is 5.74. The molecule has 2 rings (SSSR count). The smallest absolute Gasteiger partial charge is 0.257 e. The van der Waals surface area contributed by atoms with E-state index in [1.54, 1.807) is 31.4 Å². The molecule has 0 aliphatic rings. The van der Waals surface area contributed by atoms with Crippen LogP contribution in [0.15, 0.2) is 40.9 Å². The zero-order valence-electron chi connectivity index (χ0n) is 13.1. The molecule has 2 aromatic rings. The fourth-order valence-electron chi connectivity index (χ4n) is 1.99. The van der Waals surface area contributed by atoms with Gasteiger partial charge in [0.2, 0.25) is 0 Å². The molecule has 120 valence electrons. The van der Waals surface area contributed by atoms with Gasteiger partial charge in [-0.3, -0.25) is 10.1 Å². The largest absolute Gasteiger partial charge is 0.497 e. The van der Waals surface area contributed by atoms with Crippen molar-refractivity contribution in [3.8, 4) is 5.75 Å². The Hall–Kier alpha value is -1.92. The summed E-state index contributed by atoms with van der Waals surface area (Å²) in [6.07, 6.45) is 0. The fourth-order valence-corrected chi connectivity index (χ4v) is 2.63. The topological polar surface area (TPSA) is 50.4 Å². The molecule has 0 atom stereocenters. The highest BCUT2D eigenvalue weighted by Crippen LogP contribution is 2.25. The van der Waals surface area contributed by atoms with Crippen LogP contribution in [0, 0.1) is 13.8 Å². The average molecular weight is 393 g/mol. The summed E-state index contributed by atoms with van der Waals surface area (Å²) in [4.78, 5) is 12.2. The molecule has 0 aromatic heterocycles. The SMILES string of the molecule is COc1ccc(C(=O)NC(=S)Nc2ccc(Br)c(C)c2C)cc1. The molecule has 1 amide bonds. The molecule has 0 heterocycles. The molecular weight excluding hydrogens is 376 g/mol. The van der Waals surface area contributed by atoms with E-state index >= 15 is 0 Å². The number of halogens is 1. The monoisotopic (exact) mass is 392 g/mol. The second-order valence-corrected chi connectivity index (χ2v) is 6.24. The predicted molar refractivity (Wildman–Crippen MR) is 100 cm³/mol. The Morgan fingerprint density at radius 1 is 1.09 bits per heavy atom. The van der Waals surface area contributed by atoms with Crippen LogP contribution in [0.4, 0.5) is 5.69 Å². The molecule has 2 aromatic carbocycles. The van der Waals surface area contributed by atoms with Crippen LogP contribution in [0.2, 0.25) is 0 Å². The summed E-state index contributed by atoms with van der Waals surface area (Å²) in [7, 11) is 1.58. The maximum Gasteiger partial charge on any atom is 0.257 e. The average Bonchev–Trinajstić information content (AvgIpc) is 2.55. The Balaban J connectivity index is 2.04. The molecule has 23 heavy (non-hydrogen) atoms. The predicted octanol–water partition coefficient (Wildman–Crippen LogP) is 4.20. The highest BCUT2D eigenvalue weighted by Gasteiger charge is 2.10. The van der Waals surface area contributed by atoms with Crippen LogP contribution in [0.25, 0.3) is 0 Å². The summed E-state index contributed by atoms with van der Waals surface area (Å²) in [5.41, 5.74) is 3.57. The lowest BCUT2D eigenvalue weighted by Gasteiger charge is -2.14. The van der Waals surface area contributed by atoms with Gasteiger partial charge in [-0.25, -0.2) is 0 Å². The van der Waals surface area contributed by atoms with E-state index in [9.17, 15) is 4.79 Å². The van der Waals surface area contributed by atoms with Crippen LogP contribution in [0.3, 0.4) is 0 Å². The van der Waals surface area contributed by atoms with E-state index in [4.69, 9.17) is 17.0 Å². The second-order valence-electron chi connectivity index (χ2n) is 4.98. The number of methoxy groups -OCH3 is 1. The van der Waals surface area contributed by atoms with E-state index in [2.05, 4.69) is 26.6 Å². The van der Waals surface area contributed by atoms with Crippen molar-refractivity contribution in [3.63, 3.8) is 0 Å². The molecule has 4 nitrogen and oxygen atoms in total. The van der Waals surface area contributed by atoms with Gasteiger partial charge in [-0.2, -0.15) is 0 Å². The number of benzene rings is 2. The molecule has 0 saturated carbocycles. The molecular formula is C17H17BrN2O2S. The summed E-state index contributed by atoms with van der Waals surface area (Å²) < 4.78 is 6.11. The van der Waals surface area contributed by atoms with Crippen LogP contribution in [-0.4, -0.2) is 18.1 Å². The normalized spacial score (nSPS) is 10.1. The first kappa shape index (κ1) is 17.4. The van der Waals surface area contributed by atoms with Gasteiger partial charge < -0.3 is 10.1 Å². The van der Waals surface area contributed by atoms with E-state index in [0.29, 0.717) is 11.3 Å². The molecule has 0 bridgehead atoms. The summed E-state index contributed by atoms with van der Waals surface area (Å²) >= 11 is 8.71. The second kappa shape index (κ2) is 7.57.